The van der Waals surface area contributed by atoms with E-state index in [0.717, 1.165) is 19.4 Å². The molecule has 0 radical (unpaired) electrons. The molecule has 0 aromatic heterocycles. The van der Waals surface area contributed by atoms with Gasteiger partial charge in [-0.3, -0.25) is 4.90 Å². The summed E-state index contributed by atoms with van der Waals surface area (Å²) in [6.45, 7) is 4.34. The standard InChI is InChI=1S/C7H15N5O2/c1-2-3-4-11-5-8-7(9-6-11)10-12(13)14/h2-6H2,1H3,(H2,8,9,10). The number of rotatable bonds is 4. The van der Waals surface area contributed by atoms with Gasteiger partial charge >= 0.3 is 0 Å². The van der Waals surface area contributed by atoms with Crippen LogP contribution in [0.5, 0.6) is 0 Å². The average Bonchev–Trinajstić information content (AvgIpc) is 2.16. The summed E-state index contributed by atoms with van der Waals surface area (Å²) in [5.74, 6) is 0.239. The number of hydrazone groups is 1. The first kappa shape index (κ1) is 10.7. The molecular formula is C7H15N5O2. The van der Waals surface area contributed by atoms with Crippen LogP contribution in [0.25, 0.3) is 0 Å². The topological polar surface area (TPSA) is 82.8 Å². The Hall–Kier alpha value is -1.37. The van der Waals surface area contributed by atoms with Gasteiger partial charge in [0.05, 0.1) is 13.3 Å². The van der Waals surface area contributed by atoms with E-state index >= 15 is 0 Å². The molecule has 2 N–H and O–H groups in total. The van der Waals surface area contributed by atoms with Crippen LogP contribution in [0.2, 0.25) is 0 Å². The maximum absolute atomic E-state index is 10.0. The molecule has 0 aliphatic carbocycles. The summed E-state index contributed by atoms with van der Waals surface area (Å²) in [5, 5.41) is 18.1. The van der Waals surface area contributed by atoms with E-state index in [1.165, 1.54) is 0 Å². The number of nitrogens with one attached hydrogen (secondary N) is 2. The molecule has 7 nitrogen and oxygen atoms in total. The number of nitrogens with zero attached hydrogens (tertiary/aromatic N) is 3. The number of hydrogen-bond donors (Lipinski definition) is 2. The molecule has 0 bridgehead atoms. The molecule has 0 unspecified atom stereocenters. The highest BCUT2D eigenvalue weighted by molar-refractivity contribution is 5.79. The second-order valence-corrected chi connectivity index (χ2v) is 3.10. The van der Waals surface area contributed by atoms with Crippen LogP contribution in [0.15, 0.2) is 5.10 Å². The monoisotopic (exact) mass is 201 g/mol. The zero-order valence-electron chi connectivity index (χ0n) is 8.19. The number of hydrogen-bond acceptors (Lipinski definition) is 3. The molecule has 0 amide bonds. The largest absolute Gasteiger partial charge is 0.338 e. The van der Waals surface area contributed by atoms with Crippen molar-refractivity contribution in [2.45, 2.75) is 19.8 Å². The average molecular weight is 201 g/mol. The summed E-state index contributed by atoms with van der Waals surface area (Å²) in [5.41, 5.74) is 0. The van der Waals surface area contributed by atoms with Crippen molar-refractivity contribution in [2.75, 3.05) is 19.9 Å². The third-order valence-corrected chi connectivity index (χ3v) is 1.95. The van der Waals surface area contributed by atoms with Crippen molar-refractivity contribution in [3.8, 4) is 0 Å². The van der Waals surface area contributed by atoms with Crippen LogP contribution >= 0.6 is 0 Å². The normalized spacial score (nSPS) is 17.1. The molecule has 7 heteroatoms. The van der Waals surface area contributed by atoms with Gasteiger partial charge in [-0.1, -0.05) is 13.3 Å². The molecule has 0 saturated carbocycles. The Balaban J connectivity index is 2.27. The van der Waals surface area contributed by atoms with E-state index in [9.17, 15) is 10.1 Å². The first-order chi connectivity index (χ1) is 6.72. The zero-order chi connectivity index (χ0) is 10.4. The Morgan fingerprint density at radius 1 is 1.57 bits per heavy atom. The van der Waals surface area contributed by atoms with Crippen molar-refractivity contribution >= 4 is 5.96 Å². The van der Waals surface area contributed by atoms with Crippen molar-refractivity contribution < 1.29 is 5.03 Å². The Labute approximate surface area is 82.3 Å². The lowest BCUT2D eigenvalue weighted by Crippen LogP contribution is -2.55. The molecular weight excluding hydrogens is 186 g/mol. The summed E-state index contributed by atoms with van der Waals surface area (Å²) >= 11 is 0. The summed E-state index contributed by atoms with van der Waals surface area (Å²) in [4.78, 5) is 12.2. The van der Waals surface area contributed by atoms with E-state index in [1.54, 1.807) is 0 Å². The van der Waals surface area contributed by atoms with Gasteiger partial charge in [0.2, 0.25) is 0 Å². The summed E-state index contributed by atoms with van der Waals surface area (Å²) < 4.78 is 0. The lowest BCUT2D eigenvalue weighted by Gasteiger charge is -2.28. The van der Waals surface area contributed by atoms with Gasteiger partial charge < -0.3 is 10.6 Å². The van der Waals surface area contributed by atoms with Gasteiger partial charge in [-0.25, -0.2) is 10.1 Å². The molecule has 1 saturated heterocycles. The predicted octanol–water partition coefficient (Wildman–Crippen LogP) is -0.256. The summed E-state index contributed by atoms with van der Waals surface area (Å²) in [6, 6.07) is 0. The number of nitro groups is 1. The maximum Gasteiger partial charge on any atom is 0.270 e. The van der Waals surface area contributed by atoms with E-state index in [0.29, 0.717) is 13.3 Å². The fourth-order valence-electron chi connectivity index (χ4n) is 1.18. The van der Waals surface area contributed by atoms with Crippen molar-refractivity contribution in [3.63, 3.8) is 0 Å². The second-order valence-electron chi connectivity index (χ2n) is 3.10. The molecule has 80 valence electrons. The van der Waals surface area contributed by atoms with Gasteiger partial charge in [0.15, 0.2) is 5.03 Å². The molecule has 1 fully saturated rings. The smallest absolute Gasteiger partial charge is 0.270 e. The van der Waals surface area contributed by atoms with Gasteiger partial charge in [0.1, 0.15) is 5.10 Å². The van der Waals surface area contributed by atoms with Crippen LogP contribution in [-0.4, -0.2) is 35.8 Å². The molecule has 1 rings (SSSR count). The first-order valence-corrected chi connectivity index (χ1v) is 4.65. The molecule has 1 heterocycles. The van der Waals surface area contributed by atoms with Crippen LogP contribution < -0.4 is 10.6 Å². The van der Waals surface area contributed by atoms with E-state index in [4.69, 9.17) is 0 Å². The second kappa shape index (κ2) is 5.38. The van der Waals surface area contributed by atoms with Gasteiger partial charge in [-0.2, -0.15) is 0 Å². The van der Waals surface area contributed by atoms with Gasteiger partial charge in [-0.05, 0) is 6.42 Å². The third-order valence-electron chi connectivity index (χ3n) is 1.95. The lowest BCUT2D eigenvalue weighted by atomic mass is 10.3. The van der Waals surface area contributed by atoms with Gasteiger partial charge in [0.25, 0.3) is 5.96 Å². The van der Waals surface area contributed by atoms with Crippen molar-refractivity contribution in [2.24, 2.45) is 5.10 Å². The molecule has 0 aromatic rings. The minimum Gasteiger partial charge on any atom is -0.338 e. The molecule has 1 aliphatic heterocycles. The quantitative estimate of drug-likeness (QED) is 0.484. The Morgan fingerprint density at radius 3 is 2.71 bits per heavy atom. The van der Waals surface area contributed by atoms with E-state index < -0.39 is 5.03 Å². The van der Waals surface area contributed by atoms with Gasteiger partial charge in [-0.15, -0.1) is 0 Å². The van der Waals surface area contributed by atoms with E-state index in [2.05, 4.69) is 27.6 Å². The van der Waals surface area contributed by atoms with Crippen LogP contribution in [0.4, 0.5) is 0 Å². The highest BCUT2D eigenvalue weighted by Gasteiger charge is 2.14. The molecule has 0 spiro atoms. The minimum absolute atomic E-state index is 0.239. The van der Waals surface area contributed by atoms with Crippen molar-refractivity contribution in [1.29, 1.82) is 0 Å². The lowest BCUT2D eigenvalue weighted by molar-refractivity contribution is -0.485. The SMILES string of the molecule is CCCCN1CNC(=N[N+](=O)[O-])NC1. The number of guanidine groups is 1. The first-order valence-electron chi connectivity index (χ1n) is 4.65. The summed E-state index contributed by atoms with van der Waals surface area (Å²) in [6.07, 6.45) is 2.28. The molecule has 14 heavy (non-hydrogen) atoms. The van der Waals surface area contributed by atoms with Crippen molar-refractivity contribution in [1.82, 2.24) is 15.5 Å². The molecule has 0 aromatic carbocycles. The Morgan fingerprint density at radius 2 is 2.21 bits per heavy atom. The van der Waals surface area contributed by atoms with E-state index in [-0.39, 0.29) is 5.96 Å². The fraction of sp³-hybridized carbons (Fsp3) is 0.857. The van der Waals surface area contributed by atoms with Crippen LogP contribution in [0, 0.1) is 10.1 Å². The van der Waals surface area contributed by atoms with E-state index in [1.807, 2.05) is 0 Å². The fourth-order valence-corrected chi connectivity index (χ4v) is 1.18. The minimum atomic E-state index is -0.711. The third kappa shape index (κ3) is 3.56. The molecule has 0 atom stereocenters. The van der Waals surface area contributed by atoms with Crippen LogP contribution in [0.1, 0.15) is 19.8 Å². The van der Waals surface area contributed by atoms with Crippen LogP contribution in [-0.2, 0) is 0 Å². The highest BCUT2D eigenvalue weighted by atomic mass is 16.7. The summed E-state index contributed by atoms with van der Waals surface area (Å²) in [7, 11) is 0. The van der Waals surface area contributed by atoms with Gasteiger partial charge in [0, 0.05) is 6.54 Å². The van der Waals surface area contributed by atoms with Crippen molar-refractivity contribution in [3.05, 3.63) is 10.1 Å². The predicted molar refractivity (Wildman–Crippen MR) is 52.0 cm³/mol. The Kier molecular flexibility index (Phi) is 4.11. The molecule has 1 aliphatic rings. The van der Waals surface area contributed by atoms with Crippen LogP contribution in [0.3, 0.4) is 0 Å². The maximum atomic E-state index is 10.0. The highest BCUT2D eigenvalue weighted by Crippen LogP contribution is 1.94. The number of unbranched alkanes of at least 4 members (excludes halogenated alkanes) is 1. The zero-order valence-corrected chi connectivity index (χ0v) is 8.19. The Bertz CT molecular complexity index is 220.